The maximum Gasteiger partial charge on any atom is 0.153 e. The van der Waals surface area contributed by atoms with Crippen LogP contribution in [0.5, 0.6) is 0 Å². The van der Waals surface area contributed by atoms with E-state index < -0.39 is 0 Å². The first-order valence-electron chi connectivity index (χ1n) is 6.59. The van der Waals surface area contributed by atoms with Crippen LogP contribution in [0.15, 0.2) is 33.8 Å². The van der Waals surface area contributed by atoms with Gasteiger partial charge in [0.25, 0.3) is 0 Å². The molecule has 4 nitrogen and oxygen atoms in total. The van der Waals surface area contributed by atoms with Gasteiger partial charge >= 0.3 is 0 Å². The van der Waals surface area contributed by atoms with Crippen molar-refractivity contribution in [2.75, 3.05) is 12.8 Å². The summed E-state index contributed by atoms with van der Waals surface area (Å²) in [6.45, 7) is 3.12. The van der Waals surface area contributed by atoms with Crippen LogP contribution in [0.4, 0.5) is 0 Å². The summed E-state index contributed by atoms with van der Waals surface area (Å²) in [6, 6.07) is 8.73. The molecule has 0 amide bonds. The van der Waals surface area contributed by atoms with Gasteiger partial charge in [-0.3, -0.25) is 0 Å². The van der Waals surface area contributed by atoms with E-state index in [-0.39, 0.29) is 6.04 Å². The van der Waals surface area contributed by atoms with E-state index in [0.29, 0.717) is 0 Å². The van der Waals surface area contributed by atoms with Gasteiger partial charge in [0, 0.05) is 11.9 Å². The number of hydrogen-bond donors (Lipinski definition) is 1. The van der Waals surface area contributed by atoms with Gasteiger partial charge in [-0.15, -0.1) is 16.9 Å². The second-order valence-electron chi connectivity index (χ2n) is 4.55. The minimum absolute atomic E-state index is 0.0974. The third kappa shape index (κ3) is 3.42. The molecular formula is C14H19BrN4S. The van der Waals surface area contributed by atoms with Gasteiger partial charge in [0.15, 0.2) is 4.60 Å². The van der Waals surface area contributed by atoms with Crippen molar-refractivity contribution < 1.29 is 0 Å². The zero-order valence-electron chi connectivity index (χ0n) is 11.9. The summed E-state index contributed by atoms with van der Waals surface area (Å²) in [4.78, 5) is 1.27. The molecule has 1 atom stereocenters. The molecule has 1 heterocycles. The first-order chi connectivity index (χ1) is 9.67. The normalized spacial score (nSPS) is 12.6. The van der Waals surface area contributed by atoms with Crippen molar-refractivity contribution in [3.8, 4) is 0 Å². The van der Waals surface area contributed by atoms with Crippen LogP contribution in [0, 0.1) is 0 Å². The van der Waals surface area contributed by atoms with E-state index in [1.807, 2.05) is 11.7 Å². The lowest BCUT2D eigenvalue weighted by molar-refractivity contribution is 0.549. The molecule has 1 aromatic carbocycles. The molecule has 0 aliphatic carbocycles. The molecule has 108 valence electrons. The van der Waals surface area contributed by atoms with Crippen molar-refractivity contribution >= 4 is 27.7 Å². The van der Waals surface area contributed by atoms with Crippen LogP contribution in [0.25, 0.3) is 0 Å². The van der Waals surface area contributed by atoms with Crippen LogP contribution < -0.4 is 5.32 Å². The zero-order chi connectivity index (χ0) is 14.5. The topological polar surface area (TPSA) is 42.7 Å². The smallest absolute Gasteiger partial charge is 0.153 e. The van der Waals surface area contributed by atoms with Crippen LogP contribution in [-0.4, -0.2) is 27.8 Å². The number of nitrogens with one attached hydrogen (secondary N) is 1. The van der Waals surface area contributed by atoms with Crippen LogP contribution >= 0.6 is 27.7 Å². The zero-order valence-corrected chi connectivity index (χ0v) is 14.3. The molecule has 20 heavy (non-hydrogen) atoms. The second kappa shape index (κ2) is 7.24. The second-order valence-corrected chi connectivity index (χ2v) is 6.18. The van der Waals surface area contributed by atoms with Gasteiger partial charge in [0.05, 0.1) is 11.7 Å². The molecule has 0 fully saturated rings. The van der Waals surface area contributed by atoms with Crippen molar-refractivity contribution in [3.05, 3.63) is 40.1 Å². The molecule has 1 aromatic heterocycles. The summed E-state index contributed by atoms with van der Waals surface area (Å²) in [5.74, 6) is 0. The van der Waals surface area contributed by atoms with Crippen LogP contribution in [0.1, 0.15) is 30.6 Å². The minimum Gasteiger partial charge on any atom is -0.305 e. The Morgan fingerprint density at radius 1 is 1.35 bits per heavy atom. The van der Waals surface area contributed by atoms with Gasteiger partial charge in [-0.25, -0.2) is 4.68 Å². The fourth-order valence-electron chi connectivity index (χ4n) is 2.10. The Labute approximate surface area is 132 Å². The van der Waals surface area contributed by atoms with Gasteiger partial charge in [0.2, 0.25) is 0 Å². The summed E-state index contributed by atoms with van der Waals surface area (Å²) in [6.07, 6.45) is 3.17. The maximum atomic E-state index is 4.09. The summed E-state index contributed by atoms with van der Waals surface area (Å²) >= 11 is 5.25. The highest BCUT2D eigenvalue weighted by molar-refractivity contribution is 9.10. The van der Waals surface area contributed by atoms with E-state index in [9.17, 15) is 0 Å². The van der Waals surface area contributed by atoms with Gasteiger partial charge in [-0.2, -0.15) is 0 Å². The first kappa shape index (κ1) is 15.5. The molecule has 1 unspecified atom stereocenters. The van der Waals surface area contributed by atoms with Gasteiger partial charge < -0.3 is 5.32 Å². The standard InChI is InChI=1S/C14H19BrN4S/c1-4-9-16-12(13-14(15)17-18-19(13)2)10-5-7-11(20-3)8-6-10/h5-8,12,16H,4,9H2,1-3H3. The molecule has 2 aromatic rings. The number of nitrogens with zero attached hydrogens (tertiary/aromatic N) is 3. The van der Waals surface area contributed by atoms with Crippen molar-refractivity contribution in [2.24, 2.45) is 7.05 Å². The van der Waals surface area contributed by atoms with Crippen LogP contribution in [-0.2, 0) is 7.05 Å². The van der Waals surface area contributed by atoms with E-state index in [0.717, 1.165) is 23.3 Å². The number of rotatable bonds is 6. The molecule has 0 bridgehead atoms. The highest BCUT2D eigenvalue weighted by atomic mass is 79.9. The lowest BCUT2D eigenvalue weighted by atomic mass is 10.0. The average Bonchev–Trinajstić information content (AvgIpc) is 2.80. The Morgan fingerprint density at radius 3 is 2.55 bits per heavy atom. The van der Waals surface area contributed by atoms with Crippen LogP contribution in [0.2, 0.25) is 0 Å². The Bertz CT molecular complexity index is 533. The van der Waals surface area contributed by atoms with E-state index in [1.54, 1.807) is 11.8 Å². The fourth-order valence-corrected chi connectivity index (χ4v) is 3.07. The highest BCUT2D eigenvalue weighted by Gasteiger charge is 2.21. The summed E-state index contributed by atoms with van der Waals surface area (Å²) in [5, 5.41) is 11.7. The van der Waals surface area contributed by atoms with Crippen molar-refractivity contribution in [3.63, 3.8) is 0 Å². The van der Waals surface area contributed by atoms with Crippen LogP contribution in [0.3, 0.4) is 0 Å². The number of benzene rings is 1. The first-order valence-corrected chi connectivity index (χ1v) is 8.61. The Balaban J connectivity index is 2.36. The molecule has 0 spiro atoms. The molecule has 0 saturated carbocycles. The third-order valence-electron chi connectivity index (χ3n) is 3.15. The molecule has 1 N–H and O–H groups in total. The van der Waals surface area contributed by atoms with E-state index >= 15 is 0 Å². The fraction of sp³-hybridized carbons (Fsp3) is 0.429. The minimum atomic E-state index is 0.0974. The summed E-state index contributed by atoms with van der Waals surface area (Å²) in [5.41, 5.74) is 2.28. The number of halogens is 1. The highest BCUT2D eigenvalue weighted by Crippen LogP contribution is 2.28. The molecule has 0 aliphatic heterocycles. The van der Waals surface area contributed by atoms with Crippen molar-refractivity contribution in [2.45, 2.75) is 24.3 Å². The van der Waals surface area contributed by atoms with Gasteiger partial charge in [0.1, 0.15) is 0 Å². The van der Waals surface area contributed by atoms with E-state index in [2.05, 4.69) is 69.0 Å². The van der Waals surface area contributed by atoms with E-state index in [1.165, 1.54) is 10.5 Å². The molecule has 0 saturated heterocycles. The summed E-state index contributed by atoms with van der Waals surface area (Å²) in [7, 11) is 1.92. The number of hydrogen-bond acceptors (Lipinski definition) is 4. The number of aryl methyl sites for hydroxylation is 1. The number of aromatic nitrogens is 3. The largest absolute Gasteiger partial charge is 0.305 e. The molecule has 2 rings (SSSR count). The molecule has 6 heteroatoms. The average molecular weight is 355 g/mol. The van der Waals surface area contributed by atoms with E-state index in [4.69, 9.17) is 0 Å². The molecular weight excluding hydrogens is 336 g/mol. The lowest BCUT2D eigenvalue weighted by Crippen LogP contribution is -2.25. The predicted octanol–water partition coefficient (Wildman–Crippen LogP) is 3.39. The predicted molar refractivity (Wildman–Crippen MR) is 87.1 cm³/mol. The monoisotopic (exact) mass is 354 g/mol. The molecule has 0 aliphatic rings. The molecule has 0 radical (unpaired) electrons. The number of thioether (sulfide) groups is 1. The lowest BCUT2D eigenvalue weighted by Gasteiger charge is -2.19. The Morgan fingerprint density at radius 2 is 2.05 bits per heavy atom. The van der Waals surface area contributed by atoms with Gasteiger partial charge in [-0.1, -0.05) is 24.3 Å². The maximum absolute atomic E-state index is 4.09. The van der Waals surface area contributed by atoms with Crippen molar-refractivity contribution in [1.82, 2.24) is 20.3 Å². The van der Waals surface area contributed by atoms with Gasteiger partial charge in [-0.05, 0) is 52.8 Å². The quantitative estimate of drug-likeness (QED) is 0.807. The van der Waals surface area contributed by atoms with Crippen molar-refractivity contribution in [1.29, 1.82) is 0 Å². The third-order valence-corrected chi connectivity index (χ3v) is 4.46. The Kier molecular flexibility index (Phi) is 5.63. The SMILES string of the molecule is CCCNC(c1ccc(SC)cc1)c1c(Br)nnn1C. The Hall–Kier alpha value is -0.850. The summed E-state index contributed by atoms with van der Waals surface area (Å²) < 4.78 is 2.61.